The molecule has 0 amide bonds. The summed E-state index contributed by atoms with van der Waals surface area (Å²) in [6, 6.07) is 4.63. The van der Waals surface area contributed by atoms with Crippen molar-refractivity contribution in [3.8, 4) is 0 Å². The van der Waals surface area contributed by atoms with Crippen LogP contribution >= 0.6 is 0 Å². The summed E-state index contributed by atoms with van der Waals surface area (Å²) >= 11 is 0. The van der Waals surface area contributed by atoms with E-state index in [-0.39, 0.29) is 5.82 Å². The molecule has 0 aliphatic heterocycles. The fraction of sp³-hybridized carbons (Fsp3) is 0.429. The van der Waals surface area contributed by atoms with Crippen molar-refractivity contribution >= 4 is 23.4 Å². The molecule has 1 aromatic rings. The Hall–Kier alpha value is -2.23. The van der Waals surface area contributed by atoms with Gasteiger partial charge in [-0.2, -0.15) is 0 Å². The van der Waals surface area contributed by atoms with Crippen molar-refractivity contribution in [2.45, 2.75) is 33.1 Å². The van der Waals surface area contributed by atoms with E-state index in [4.69, 9.17) is 0 Å². The number of fused-ring (bicyclic) bond motifs is 1. The largest absolute Gasteiger partial charge is 0.481 e. The first-order chi connectivity index (χ1) is 11.9. The van der Waals surface area contributed by atoms with Gasteiger partial charge in [-0.15, -0.1) is 0 Å². The van der Waals surface area contributed by atoms with Gasteiger partial charge < -0.3 is 5.11 Å². The van der Waals surface area contributed by atoms with E-state index in [0.29, 0.717) is 17.8 Å². The summed E-state index contributed by atoms with van der Waals surface area (Å²) in [6.07, 6.45) is 6.64. The van der Waals surface area contributed by atoms with Crippen molar-refractivity contribution in [2.24, 2.45) is 28.7 Å². The molecule has 0 heterocycles. The van der Waals surface area contributed by atoms with E-state index in [1.807, 2.05) is 6.92 Å². The van der Waals surface area contributed by atoms with Gasteiger partial charge in [-0.25, -0.2) is 4.39 Å². The fourth-order valence-electron chi connectivity index (χ4n) is 4.24. The Kier molecular flexibility index (Phi) is 4.89. The Labute approximate surface area is 148 Å². The zero-order valence-electron chi connectivity index (χ0n) is 14.7. The van der Waals surface area contributed by atoms with E-state index in [0.717, 1.165) is 41.7 Å². The van der Waals surface area contributed by atoms with E-state index in [9.17, 15) is 14.3 Å². The molecule has 0 spiro atoms. The summed E-state index contributed by atoms with van der Waals surface area (Å²) in [5.41, 5.74) is 3.53. The van der Waals surface area contributed by atoms with Crippen LogP contribution in [0.15, 0.2) is 41.4 Å². The van der Waals surface area contributed by atoms with Gasteiger partial charge in [-0.3, -0.25) is 9.79 Å². The quantitative estimate of drug-likeness (QED) is 0.587. The van der Waals surface area contributed by atoms with Crippen molar-refractivity contribution in [2.75, 3.05) is 0 Å². The molecule has 3 nitrogen and oxygen atoms in total. The number of rotatable bonds is 5. The molecule has 0 radical (unpaired) electrons. The molecule has 1 aromatic carbocycles. The molecule has 1 fully saturated rings. The molecule has 1 unspecified atom stereocenters. The molecule has 0 bridgehead atoms. The van der Waals surface area contributed by atoms with Crippen LogP contribution in [0.2, 0.25) is 0 Å². The third-order valence-corrected chi connectivity index (χ3v) is 5.67. The first-order valence-corrected chi connectivity index (χ1v) is 8.81. The average molecular weight is 341 g/mol. The Morgan fingerprint density at radius 1 is 1.44 bits per heavy atom. The number of halogens is 1. The van der Waals surface area contributed by atoms with Gasteiger partial charge in [-0.1, -0.05) is 18.2 Å². The Morgan fingerprint density at radius 2 is 2.20 bits per heavy atom. The predicted octanol–water partition coefficient (Wildman–Crippen LogP) is 5.25. The third-order valence-electron chi connectivity index (χ3n) is 5.67. The lowest BCUT2D eigenvalue weighted by atomic mass is 9.88. The zero-order valence-corrected chi connectivity index (χ0v) is 14.7. The smallest absolute Gasteiger partial charge is 0.310 e. The highest BCUT2D eigenvalue weighted by Gasteiger charge is 2.40. The number of carboxylic acid groups (broad SMARTS) is 1. The van der Waals surface area contributed by atoms with Crippen LogP contribution in [0.4, 0.5) is 10.1 Å². The van der Waals surface area contributed by atoms with Gasteiger partial charge in [0.05, 0.1) is 11.6 Å². The van der Waals surface area contributed by atoms with E-state index >= 15 is 0 Å². The Balaban J connectivity index is 1.77. The van der Waals surface area contributed by atoms with Crippen LogP contribution in [0.25, 0.3) is 5.57 Å². The molecule has 2 aliphatic rings. The van der Waals surface area contributed by atoms with Crippen LogP contribution < -0.4 is 0 Å². The van der Waals surface area contributed by atoms with Gasteiger partial charge in [0.1, 0.15) is 5.82 Å². The monoisotopic (exact) mass is 341 g/mol. The molecular weight excluding hydrogens is 317 g/mol. The number of allylic oxidation sites excluding steroid dienone is 2. The van der Waals surface area contributed by atoms with Gasteiger partial charge in [-0.05, 0) is 74.6 Å². The summed E-state index contributed by atoms with van der Waals surface area (Å²) in [5.74, 6) is -0.257. The van der Waals surface area contributed by atoms with E-state index in [2.05, 4.69) is 17.6 Å². The van der Waals surface area contributed by atoms with Crippen molar-refractivity contribution in [1.82, 2.24) is 0 Å². The summed E-state index contributed by atoms with van der Waals surface area (Å²) in [6.45, 7) is 7.84. The predicted molar refractivity (Wildman–Crippen MR) is 98.5 cm³/mol. The molecule has 1 saturated carbocycles. The number of aliphatic imine (C=N–C) groups is 1. The highest BCUT2D eigenvalue weighted by Crippen LogP contribution is 2.51. The van der Waals surface area contributed by atoms with Crippen LogP contribution in [0, 0.1) is 29.5 Å². The van der Waals surface area contributed by atoms with Crippen molar-refractivity contribution in [3.63, 3.8) is 0 Å². The lowest BCUT2D eigenvalue weighted by Gasteiger charge is -2.17. The van der Waals surface area contributed by atoms with Crippen molar-refractivity contribution in [3.05, 3.63) is 47.8 Å². The van der Waals surface area contributed by atoms with Crippen LogP contribution in [-0.4, -0.2) is 17.3 Å². The molecule has 3 rings (SSSR count). The maximum atomic E-state index is 13.7. The third kappa shape index (κ3) is 3.44. The molecular formula is C21H24FNO2. The molecule has 1 N–H and O–H groups in total. The minimum atomic E-state index is -0.756. The van der Waals surface area contributed by atoms with Crippen LogP contribution in [0.5, 0.6) is 0 Å². The first-order valence-electron chi connectivity index (χ1n) is 8.81. The number of hydrogen-bond acceptors (Lipinski definition) is 2. The highest BCUT2D eigenvalue weighted by atomic mass is 19.1. The Morgan fingerprint density at radius 3 is 2.84 bits per heavy atom. The lowest BCUT2D eigenvalue weighted by Crippen LogP contribution is -2.12. The van der Waals surface area contributed by atoms with Crippen molar-refractivity contribution < 1.29 is 14.3 Å². The molecule has 4 atom stereocenters. The second kappa shape index (κ2) is 6.95. The molecule has 4 heteroatoms. The summed E-state index contributed by atoms with van der Waals surface area (Å²) in [4.78, 5) is 15.5. The zero-order chi connectivity index (χ0) is 18.1. The summed E-state index contributed by atoms with van der Waals surface area (Å²) < 4.78 is 13.7. The van der Waals surface area contributed by atoms with E-state index in [1.54, 1.807) is 19.2 Å². The van der Waals surface area contributed by atoms with Gasteiger partial charge in [0.25, 0.3) is 0 Å². The normalized spacial score (nSPS) is 26.5. The molecule has 25 heavy (non-hydrogen) atoms. The topological polar surface area (TPSA) is 49.7 Å². The van der Waals surface area contributed by atoms with Crippen LogP contribution in [-0.2, 0) is 4.79 Å². The second-order valence-electron chi connectivity index (χ2n) is 7.17. The highest BCUT2D eigenvalue weighted by molar-refractivity contribution is 5.77. The SMILES string of the molecule is C=C(c1cc(F)ccc1/N=C\C)[C@H]1C[C@H]2CC(C(C)C(=O)O)=C[C@H]2C1. The number of carbonyl (C=O) groups is 1. The molecule has 0 saturated heterocycles. The maximum absolute atomic E-state index is 13.7. The summed E-state index contributed by atoms with van der Waals surface area (Å²) in [5, 5.41) is 9.20. The second-order valence-corrected chi connectivity index (χ2v) is 7.17. The minimum absolute atomic E-state index is 0.276. The summed E-state index contributed by atoms with van der Waals surface area (Å²) in [7, 11) is 0. The van der Waals surface area contributed by atoms with Gasteiger partial charge in [0.15, 0.2) is 0 Å². The average Bonchev–Trinajstić information content (AvgIpc) is 3.14. The van der Waals surface area contributed by atoms with Gasteiger partial charge in [0, 0.05) is 11.8 Å². The first kappa shape index (κ1) is 17.6. The van der Waals surface area contributed by atoms with Gasteiger partial charge in [0.2, 0.25) is 0 Å². The van der Waals surface area contributed by atoms with Crippen LogP contribution in [0.3, 0.4) is 0 Å². The molecule has 0 aromatic heterocycles. The van der Waals surface area contributed by atoms with Gasteiger partial charge >= 0.3 is 5.97 Å². The number of nitrogens with zero attached hydrogens (tertiary/aromatic N) is 1. The van der Waals surface area contributed by atoms with Crippen LogP contribution in [0.1, 0.15) is 38.7 Å². The number of benzene rings is 1. The maximum Gasteiger partial charge on any atom is 0.310 e. The Bertz CT molecular complexity index is 765. The fourth-order valence-corrected chi connectivity index (χ4v) is 4.24. The number of hydrogen-bond donors (Lipinski definition) is 1. The molecule has 2 aliphatic carbocycles. The lowest BCUT2D eigenvalue weighted by molar-refractivity contribution is -0.139. The van der Waals surface area contributed by atoms with Crippen molar-refractivity contribution in [1.29, 1.82) is 0 Å². The van der Waals surface area contributed by atoms with E-state index in [1.165, 1.54) is 12.1 Å². The standard InChI is InChI=1S/C21H24FNO2/c1-4-23-20-6-5-18(22)11-19(20)12(2)14-7-16-9-15(10-17(16)8-14)13(3)21(24)25/h4-6,9,11,13-14,16-17H,2,7-8,10H2,1,3H3,(H,24,25)/b23-4-/t13?,14-,16-,17+/m1/s1. The number of aliphatic carboxylic acids is 1. The van der Waals surface area contributed by atoms with E-state index < -0.39 is 11.9 Å². The minimum Gasteiger partial charge on any atom is -0.481 e. The molecule has 132 valence electrons. The number of carboxylic acids is 1.